The molecule has 2 amide bonds. The minimum Gasteiger partial charge on any atom is -0.480 e. The molecule has 3 atom stereocenters. The number of hydrogen-bond acceptors (Lipinski definition) is 4. The Bertz CT molecular complexity index is 299. The third kappa shape index (κ3) is 6.48. The summed E-state index contributed by atoms with van der Waals surface area (Å²) in [5.41, 5.74) is 0. The summed E-state index contributed by atoms with van der Waals surface area (Å²) in [4.78, 5) is 32.7. The first-order chi connectivity index (χ1) is 8.42. The molecule has 0 aromatic carbocycles. The summed E-state index contributed by atoms with van der Waals surface area (Å²) in [6.45, 7) is 5.59. The Morgan fingerprint density at radius 3 is 2.44 bits per heavy atom. The third-order valence-corrected chi connectivity index (χ3v) is 3.69. The van der Waals surface area contributed by atoms with Gasteiger partial charge in [-0.2, -0.15) is 0 Å². The number of carbonyl (C=O) groups excluding carboxylic acids is 2. The molecule has 0 aliphatic rings. The number of carbonyl (C=O) groups is 3. The molecule has 0 aromatic heterocycles. The van der Waals surface area contributed by atoms with Gasteiger partial charge in [0, 0.05) is 11.8 Å². The smallest absolute Gasteiger partial charge is 0.327 e. The molecule has 0 aliphatic carbocycles. The van der Waals surface area contributed by atoms with Gasteiger partial charge in [-0.25, -0.2) is 4.79 Å². The maximum atomic E-state index is 11.7. The quantitative estimate of drug-likeness (QED) is 0.524. The number of hydrogen-bond donors (Lipinski definition) is 3. The van der Waals surface area contributed by atoms with Gasteiger partial charge in [0.15, 0.2) is 0 Å². The first-order valence-electron chi connectivity index (χ1n) is 5.76. The van der Waals surface area contributed by atoms with Crippen LogP contribution in [0.25, 0.3) is 0 Å². The number of aliphatic carboxylic acids is 1. The van der Waals surface area contributed by atoms with Crippen LogP contribution in [0.15, 0.2) is 0 Å². The van der Waals surface area contributed by atoms with Gasteiger partial charge in [0.2, 0.25) is 12.3 Å². The van der Waals surface area contributed by atoms with Crippen LogP contribution in [-0.4, -0.2) is 46.5 Å². The molecule has 0 aliphatic heterocycles. The normalized spacial score (nSPS) is 15.3. The van der Waals surface area contributed by atoms with Gasteiger partial charge in [-0.1, -0.05) is 6.92 Å². The standard InChI is InChI=1S/C11H20N2O4S/c1-4-7(2)13-10(15)8(3)18-5-9(11(16)17)12-6-14/h6-9H,4-5H2,1-3H3,(H,12,14)(H,13,15)(H,16,17). The second-order valence-electron chi connectivity index (χ2n) is 3.97. The molecule has 0 aromatic rings. The van der Waals surface area contributed by atoms with Gasteiger partial charge < -0.3 is 15.7 Å². The van der Waals surface area contributed by atoms with Crippen LogP contribution in [0, 0.1) is 0 Å². The molecule has 0 saturated heterocycles. The van der Waals surface area contributed by atoms with Crippen molar-refractivity contribution >= 4 is 30.0 Å². The van der Waals surface area contributed by atoms with Crippen LogP contribution in [0.1, 0.15) is 27.2 Å². The molecule has 6 nitrogen and oxygen atoms in total. The maximum Gasteiger partial charge on any atom is 0.327 e. The third-order valence-electron chi connectivity index (χ3n) is 2.45. The summed E-state index contributed by atoms with van der Waals surface area (Å²) in [6.07, 6.45) is 1.19. The predicted molar refractivity (Wildman–Crippen MR) is 70.4 cm³/mol. The Balaban J connectivity index is 4.14. The summed E-state index contributed by atoms with van der Waals surface area (Å²) >= 11 is 1.20. The highest BCUT2D eigenvalue weighted by atomic mass is 32.2. The number of rotatable bonds is 9. The van der Waals surface area contributed by atoms with E-state index in [2.05, 4.69) is 10.6 Å². The molecule has 3 unspecified atom stereocenters. The second kappa shape index (κ2) is 8.79. The Morgan fingerprint density at radius 1 is 1.39 bits per heavy atom. The van der Waals surface area contributed by atoms with Crippen LogP contribution in [0.5, 0.6) is 0 Å². The minimum absolute atomic E-state index is 0.101. The van der Waals surface area contributed by atoms with E-state index in [0.29, 0.717) is 6.41 Å². The van der Waals surface area contributed by atoms with Crippen LogP contribution in [0.2, 0.25) is 0 Å². The highest BCUT2D eigenvalue weighted by Gasteiger charge is 2.21. The molecule has 0 radical (unpaired) electrons. The maximum absolute atomic E-state index is 11.7. The fraction of sp³-hybridized carbons (Fsp3) is 0.727. The minimum atomic E-state index is -1.11. The summed E-state index contributed by atoms with van der Waals surface area (Å²) in [5, 5.41) is 13.5. The zero-order valence-electron chi connectivity index (χ0n) is 10.8. The van der Waals surface area contributed by atoms with Crippen molar-refractivity contribution in [3.8, 4) is 0 Å². The van der Waals surface area contributed by atoms with Crippen molar-refractivity contribution in [2.45, 2.75) is 44.5 Å². The summed E-state index contributed by atoms with van der Waals surface area (Å²) in [6, 6.07) is -0.865. The van der Waals surface area contributed by atoms with Crippen molar-refractivity contribution in [1.82, 2.24) is 10.6 Å². The van der Waals surface area contributed by atoms with Gasteiger partial charge in [-0.3, -0.25) is 9.59 Å². The van der Waals surface area contributed by atoms with Gasteiger partial charge in [-0.05, 0) is 20.3 Å². The van der Waals surface area contributed by atoms with E-state index in [0.717, 1.165) is 6.42 Å². The lowest BCUT2D eigenvalue weighted by Gasteiger charge is -2.17. The Hall–Kier alpha value is -1.24. The average Bonchev–Trinajstić information content (AvgIpc) is 2.33. The zero-order valence-corrected chi connectivity index (χ0v) is 11.6. The number of carboxylic acid groups (broad SMARTS) is 1. The largest absolute Gasteiger partial charge is 0.480 e. The highest BCUT2D eigenvalue weighted by molar-refractivity contribution is 8.00. The summed E-state index contributed by atoms with van der Waals surface area (Å²) in [7, 11) is 0. The number of nitrogens with one attached hydrogen (secondary N) is 2. The molecule has 0 saturated carbocycles. The van der Waals surface area contributed by atoms with E-state index in [1.54, 1.807) is 6.92 Å². The fourth-order valence-corrected chi connectivity index (χ4v) is 1.99. The number of thioether (sulfide) groups is 1. The Labute approximate surface area is 111 Å². The average molecular weight is 276 g/mol. The van der Waals surface area contributed by atoms with Gasteiger partial charge in [0.25, 0.3) is 0 Å². The van der Waals surface area contributed by atoms with E-state index < -0.39 is 12.0 Å². The molecule has 0 fully saturated rings. The van der Waals surface area contributed by atoms with E-state index in [-0.39, 0.29) is 23.0 Å². The molecule has 0 spiro atoms. The highest BCUT2D eigenvalue weighted by Crippen LogP contribution is 2.12. The van der Waals surface area contributed by atoms with Crippen LogP contribution >= 0.6 is 11.8 Å². The van der Waals surface area contributed by atoms with Crippen LogP contribution in [0.4, 0.5) is 0 Å². The SMILES string of the molecule is CCC(C)NC(=O)C(C)SCC(NC=O)C(=O)O. The van der Waals surface area contributed by atoms with Crippen molar-refractivity contribution in [2.75, 3.05) is 5.75 Å². The Morgan fingerprint density at radius 2 is 2.00 bits per heavy atom. The molecule has 3 N–H and O–H groups in total. The van der Waals surface area contributed by atoms with Crippen LogP contribution in [0.3, 0.4) is 0 Å². The Kier molecular flexibility index (Phi) is 8.19. The van der Waals surface area contributed by atoms with Crippen molar-refractivity contribution in [3.63, 3.8) is 0 Å². The monoisotopic (exact) mass is 276 g/mol. The molecule has 7 heteroatoms. The second-order valence-corrected chi connectivity index (χ2v) is 5.34. The predicted octanol–water partition coefficient (Wildman–Crippen LogP) is 0.222. The van der Waals surface area contributed by atoms with Crippen molar-refractivity contribution in [1.29, 1.82) is 0 Å². The van der Waals surface area contributed by atoms with E-state index in [1.165, 1.54) is 11.8 Å². The van der Waals surface area contributed by atoms with Crippen molar-refractivity contribution < 1.29 is 19.5 Å². The zero-order chi connectivity index (χ0) is 14.1. The number of amides is 2. The molecule has 0 heterocycles. The molecular formula is C11H20N2O4S. The van der Waals surface area contributed by atoms with Crippen LogP contribution < -0.4 is 10.6 Å². The lowest BCUT2D eigenvalue weighted by atomic mass is 10.2. The van der Waals surface area contributed by atoms with Gasteiger partial charge in [-0.15, -0.1) is 11.8 Å². The van der Waals surface area contributed by atoms with Gasteiger partial charge in [0.1, 0.15) is 6.04 Å². The molecular weight excluding hydrogens is 256 g/mol. The van der Waals surface area contributed by atoms with E-state index in [1.807, 2.05) is 13.8 Å². The van der Waals surface area contributed by atoms with Gasteiger partial charge >= 0.3 is 5.97 Å². The van der Waals surface area contributed by atoms with Crippen LogP contribution in [-0.2, 0) is 14.4 Å². The van der Waals surface area contributed by atoms with E-state index in [9.17, 15) is 14.4 Å². The van der Waals surface area contributed by atoms with E-state index in [4.69, 9.17) is 5.11 Å². The first-order valence-corrected chi connectivity index (χ1v) is 6.81. The summed E-state index contributed by atoms with van der Waals surface area (Å²) < 4.78 is 0. The lowest BCUT2D eigenvalue weighted by molar-refractivity contribution is -0.139. The molecule has 0 rings (SSSR count). The molecule has 0 bridgehead atoms. The topological polar surface area (TPSA) is 95.5 Å². The molecule has 104 valence electrons. The van der Waals surface area contributed by atoms with Gasteiger partial charge in [0.05, 0.1) is 5.25 Å². The number of carboxylic acids is 1. The van der Waals surface area contributed by atoms with Crippen molar-refractivity contribution in [3.05, 3.63) is 0 Å². The summed E-state index contributed by atoms with van der Waals surface area (Å²) in [5.74, 6) is -1.07. The first kappa shape index (κ1) is 16.8. The fourth-order valence-electron chi connectivity index (χ4n) is 1.05. The molecule has 18 heavy (non-hydrogen) atoms. The van der Waals surface area contributed by atoms with Crippen molar-refractivity contribution in [2.24, 2.45) is 0 Å². The lowest BCUT2D eigenvalue weighted by Crippen LogP contribution is -2.41. The van der Waals surface area contributed by atoms with E-state index >= 15 is 0 Å².